The highest BCUT2D eigenvalue weighted by Gasteiger charge is 2.68. The Morgan fingerprint density at radius 2 is 1.82 bits per heavy atom. The van der Waals surface area contributed by atoms with Gasteiger partial charge in [0.1, 0.15) is 5.54 Å². The molecule has 3 N–H and O–H groups in total. The van der Waals surface area contributed by atoms with Gasteiger partial charge in [-0.3, -0.25) is 29.6 Å². The van der Waals surface area contributed by atoms with Gasteiger partial charge >= 0.3 is 5.97 Å². The summed E-state index contributed by atoms with van der Waals surface area (Å²) in [6, 6.07) is 15.0. The summed E-state index contributed by atoms with van der Waals surface area (Å²) >= 11 is 19.2. The molecule has 0 saturated carbocycles. The van der Waals surface area contributed by atoms with Crippen molar-refractivity contribution < 1.29 is 19.5 Å². The number of aliphatic carboxylic acids is 1. The van der Waals surface area contributed by atoms with Crippen LogP contribution in [0.1, 0.15) is 22.9 Å². The van der Waals surface area contributed by atoms with Gasteiger partial charge in [0.2, 0.25) is 11.8 Å². The molecule has 40 heavy (non-hydrogen) atoms. The van der Waals surface area contributed by atoms with Crippen LogP contribution in [0.5, 0.6) is 0 Å². The summed E-state index contributed by atoms with van der Waals surface area (Å²) in [5.41, 5.74) is 0.795. The maximum Gasteiger partial charge on any atom is 0.325 e. The number of nitrogens with one attached hydrogen (secondary N) is 2. The number of aromatic amines is 1. The Hall–Kier alpha value is -3.43. The standard InChI is InChI=1S/C29H23Cl3N4O4/c30-16-11-19(24(32)20(31)12-16)25-22-23(27(38)36(26(22)37)10-8-17-5-3-4-9-33-17)29(35-25,28(39)40)13-15-14-34-21-7-2-1-6-18(15)21/h1-7,9,11-12,14,22-23,25,34-35H,8,10,13H2,(H,39,40). The number of halogens is 3. The van der Waals surface area contributed by atoms with Gasteiger partial charge in [0.05, 0.1) is 21.9 Å². The highest BCUT2D eigenvalue weighted by Crippen LogP contribution is 2.52. The van der Waals surface area contributed by atoms with E-state index in [-0.39, 0.29) is 28.0 Å². The molecule has 8 nitrogen and oxygen atoms in total. The quantitative estimate of drug-likeness (QED) is 0.202. The van der Waals surface area contributed by atoms with Gasteiger partial charge in [-0.15, -0.1) is 0 Å². The molecule has 2 aliphatic rings. The van der Waals surface area contributed by atoms with Crippen LogP contribution in [0.4, 0.5) is 0 Å². The second-order valence-corrected chi connectivity index (χ2v) is 11.3. The molecule has 4 unspecified atom stereocenters. The smallest absolute Gasteiger partial charge is 0.325 e. The first-order chi connectivity index (χ1) is 19.2. The molecule has 6 rings (SSSR count). The van der Waals surface area contributed by atoms with Crippen LogP contribution in [0.25, 0.3) is 10.9 Å². The Morgan fingerprint density at radius 1 is 1.05 bits per heavy atom. The van der Waals surface area contributed by atoms with E-state index in [4.69, 9.17) is 34.8 Å². The first kappa shape index (κ1) is 26.8. The number of carboxylic acid groups (broad SMARTS) is 1. The normalized spacial score (nSPS) is 24.2. The minimum Gasteiger partial charge on any atom is -0.480 e. The van der Waals surface area contributed by atoms with E-state index >= 15 is 0 Å². The first-order valence-electron chi connectivity index (χ1n) is 12.7. The Morgan fingerprint density at radius 3 is 2.58 bits per heavy atom. The number of para-hydroxylation sites is 1. The fourth-order valence-electron chi connectivity index (χ4n) is 6.14. The summed E-state index contributed by atoms with van der Waals surface area (Å²) in [6.07, 6.45) is 3.66. The number of likely N-dealkylation sites (tertiary alicyclic amines) is 1. The Balaban J connectivity index is 1.46. The van der Waals surface area contributed by atoms with Crippen LogP contribution < -0.4 is 5.32 Å². The molecule has 0 spiro atoms. The molecule has 2 aromatic heterocycles. The third-order valence-corrected chi connectivity index (χ3v) is 8.98. The molecule has 0 bridgehead atoms. The van der Waals surface area contributed by atoms with Crippen LogP contribution in [-0.4, -0.2) is 49.8 Å². The molecule has 2 saturated heterocycles. The lowest BCUT2D eigenvalue weighted by Gasteiger charge is -2.31. The number of aromatic nitrogens is 2. The summed E-state index contributed by atoms with van der Waals surface area (Å²) in [6.45, 7) is 0.0707. The van der Waals surface area contributed by atoms with Gasteiger partial charge in [-0.2, -0.15) is 0 Å². The zero-order chi connectivity index (χ0) is 28.2. The summed E-state index contributed by atoms with van der Waals surface area (Å²) in [5.74, 6) is -4.50. The molecular formula is C29H23Cl3N4O4. The molecule has 11 heteroatoms. The van der Waals surface area contributed by atoms with Crippen molar-refractivity contribution >= 4 is 63.5 Å². The lowest BCUT2D eigenvalue weighted by molar-refractivity contribution is -0.151. The number of hydrogen-bond acceptors (Lipinski definition) is 5. The van der Waals surface area contributed by atoms with Crippen molar-refractivity contribution in [2.45, 2.75) is 24.4 Å². The number of nitrogens with zero attached hydrogens (tertiary/aromatic N) is 2. The second-order valence-electron chi connectivity index (χ2n) is 10.1. The Bertz CT molecular complexity index is 1660. The number of fused-ring (bicyclic) bond motifs is 2. The van der Waals surface area contributed by atoms with Crippen LogP contribution in [0, 0.1) is 11.8 Å². The molecule has 2 fully saturated rings. The topological polar surface area (TPSA) is 115 Å². The Labute approximate surface area is 244 Å². The van der Waals surface area contributed by atoms with Crippen molar-refractivity contribution in [2.75, 3.05) is 6.54 Å². The highest BCUT2D eigenvalue weighted by molar-refractivity contribution is 6.43. The highest BCUT2D eigenvalue weighted by atomic mass is 35.5. The van der Waals surface area contributed by atoms with Crippen molar-refractivity contribution in [1.82, 2.24) is 20.2 Å². The SMILES string of the molecule is O=C1C2C(c3cc(Cl)cc(Cl)c3Cl)NC(Cc3c[nH]c4ccccc34)(C(=O)O)C2C(=O)N1CCc1ccccn1. The van der Waals surface area contributed by atoms with Gasteiger partial charge in [-0.05, 0) is 41.5 Å². The zero-order valence-corrected chi connectivity index (χ0v) is 23.2. The van der Waals surface area contributed by atoms with E-state index in [0.717, 1.165) is 15.8 Å². The van der Waals surface area contributed by atoms with E-state index < -0.39 is 41.2 Å². The molecular weight excluding hydrogens is 575 g/mol. The van der Waals surface area contributed by atoms with E-state index in [9.17, 15) is 19.5 Å². The van der Waals surface area contributed by atoms with E-state index in [1.807, 2.05) is 36.4 Å². The minimum absolute atomic E-state index is 0.0525. The van der Waals surface area contributed by atoms with Crippen LogP contribution in [0.15, 0.2) is 67.0 Å². The maximum atomic E-state index is 14.0. The van der Waals surface area contributed by atoms with Crippen molar-refractivity contribution in [3.05, 3.63) is 98.9 Å². The molecule has 0 aliphatic carbocycles. The number of pyridine rings is 1. The third-order valence-electron chi connectivity index (χ3n) is 7.95. The summed E-state index contributed by atoms with van der Waals surface area (Å²) in [5, 5.41) is 15.4. The fourth-order valence-corrected chi connectivity index (χ4v) is 6.87. The predicted octanol–water partition coefficient (Wildman–Crippen LogP) is 5.08. The lowest BCUT2D eigenvalue weighted by atomic mass is 9.76. The fraction of sp³-hybridized carbons (Fsp3) is 0.241. The molecule has 4 atom stereocenters. The number of amides is 2. The van der Waals surface area contributed by atoms with Crippen molar-refractivity contribution in [3.8, 4) is 0 Å². The minimum atomic E-state index is -1.81. The number of rotatable bonds is 7. The van der Waals surface area contributed by atoms with Crippen molar-refractivity contribution in [3.63, 3.8) is 0 Å². The van der Waals surface area contributed by atoms with E-state index in [1.165, 1.54) is 6.07 Å². The lowest BCUT2D eigenvalue weighted by Crippen LogP contribution is -2.57. The van der Waals surface area contributed by atoms with Gasteiger partial charge < -0.3 is 10.1 Å². The molecule has 2 aliphatic heterocycles. The average Bonchev–Trinajstić information content (AvgIpc) is 3.58. The monoisotopic (exact) mass is 596 g/mol. The average molecular weight is 598 g/mol. The van der Waals surface area contributed by atoms with Gasteiger partial charge in [-0.1, -0.05) is 59.1 Å². The largest absolute Gasteiger partial charge is 0.480 e. The zero-order valence-electron chi connectivity index (χ0n) is 20.9. The van der Waals surface area contributed by atoms with Crippen LogP contribution in [0.3, 0.4) is 0 Å². The van der Waals surface area contributed by atoms with Crippen LogP contribution >= 0.6 is 34.8 Å². The molecule has 204 valence electrons. The van der Waals surface area contributed by atoms with Crippen molar-refractivity contribution in [1.29, 1.82) is 0 Å². The van der Waals surface area contributed by atoms with Crippen molar-refractivity contribution in [2.24, 2.45) is 11.8 Å². The predicted molar refractivity (Wildman–Crippen MR) is 151 cm³/mol. The summed E-state index contributed by atoms with van der Waals surface area (Å²) < 4.78 is 0. The van der Waals surface area contributed by atoms with Gasteiger partial charge in [0.15, 0.2) is 0 Å². The summed E-state index contributed by atoms with van der Waals surface area (Å²) in [4.78, 5) is 49.8. The number of carboxylic acids is 1. The Kier molecular flexibility index (Phi) is 6.82. The van der Waals surface area contributed by atoms with Gasteiger partial charge in [0.25, 0.3) is 0 Å². The molecule has 2 amide bonds. The van der Waals surface area contributed by atoms with Crippen LogP contribution in [-0.2, 0) is 27.2 Å². The molecule has 4 aromatic rings. The van der Waals surface area contributed by atoms with E-state index in [2.05, 4.69) is 15.3 Å². The number of carbonyl (C=O) groups is 3. The second kappa shape index (κ2) is 10.2. The van der Waals surface area contributed by atoms with Gasteiger partial charge in [0, 0.05) is 59.4 Å². The van der Waals surface area contributed by atoms with Crippen LogP contribution in [0.2, 0.25) is 15.1 Å². The maximum absolute atomic E-state index is 14.0. The number of H-pyrrole nitrogens is 1. The number of imide groups is 1. The summed E-state index contributed by atoms with van der Waals surface area (Å²) in [7, 11) is 0. The van der Waals surface area contributed by atoms with E-state index in [0.29, 0.717) is 23.2 Å². The van der Waals surface area contributed by atoms with Gasteiger partial charge in [-0.25, -0.2) is 0 Å². The number of hydrogen-bond donors (Lipinski definition) is 3. The number of benzene rings is 2. The molecule has 0 radical (unpaired) electrons. The number of carbonyl (C=O) groups excluding carboxylic acids is 2. The van der Waals surface area contributed by atoms with E-state index in [1.54, 1.807) is 24.5 Å². The molecule has 4 heterocycles. The first-order valence-corrected chi connectivity index (χ1v) is 13.8. The molecule has 2 aromatic carbocycles. The third kappa shape index (κ3) is 4.27.